The van der Waals surface area contributed by atoms with Gasteiger partial charge in [0.2, 0.25) is 11.7 Å². The van der Waals surface area contributed by atoms with E-state index in [1.807, 2.05) is 0 Å². The third-order valence-electron chi connectivity index (χ3n) is 3.46. The van der Waals surface area contributed by atoms with Gasteiger partial charge in [0.05, 0.1) is 5.92 Å². The van der Waals surface area contributed by atoms with Crippen LogP contribution < -0.4 is 0 Å². The van der Waals surface area contributed by atoms with Gasteiger partial charge in [-0.05, 0) is 31.0 Å². The van der Waals surface area contributed by atoms with Crippen LogP contribution in [-0.4, -0.2) is 15.9 Å². The molecule has 0 N–H and O–H groups in total. The van der Waals surface area contributed by atoms with Crippen LogP contribution in [-0.2, 0) is 4.79 Å². The van der Waals surface area contributed by atoms with Crippen molar-refractivity contribution in [2.75, 3.05) is 0 Å². The zero-order valence-corrected chi connectivity index (χ0v) is 12.2. The zero-order chi connectivity index (χ0) is 14.1. The molecular formula is C14H12BrFN2O2. The summed E-state index contributed by atoms with van der Waals surface area (Å²) in [6.45, 7) is 0. The maximum atomic E-state index is 13.3. The minimum atomic E-state index is -0.372. The second kappa shape index (κ2) is 5.44. The maximum Gasteiger partial charge on any atom is 0.237 e. The van der Waals surface area contributed by atoms with Gasteiger partial charge in [0, 0.05) is 16.5 Å². The predicted molar refractivity (Wildman–Crippen MR) is 73.6 cm³/mol. The van der Waals surface area contributed by atoms with Crippen molar-refractivity contribution in [3.8, 4) is 11.4 Å². The monoisotopic (exact) mass is 338 g/mol. The average Bonchev–Trinajstić information content (AvgIpc) is 2.91. The first kappa shape index (κ1) is 13.4. The highest BCUT2D eigenvalue weighted by Crippen LogP contribution is 2.32. The lowest BCUT2D eigenvalue weighted by atomic mass is 9.88. The molecule has 2 aromatic rings. The molecular weight excluding hydrogens is 327 g/mol. The molecule has 1 aliphatic carbocycles. The Kier molecular flexibility index (Phi) is 3.65. The normalized spacial score (nSPS) is 19.3. The van der Waals surface area contributed by atoms with E-state index in [1.165, 1.54) is 12.1 Å². The Balaban J connectivity index is 1.93. The largest absolute Gasteiger partial charge is 0.338 e. The van der Waals surface area contributed by atoms with Crippen LogP contribution >= 0.6 is 15.9 Å². The van der Waals surface area contributed by atoms with Gasteiger partial charge in [-0.2, -0.15) is 4.98 Å². The van der Waals surface area contributed by atoms with Gasteiger partial charge in [0.15, 0.2) is 0 Å². The third kappa shape index (κ3) is 2.52. The second-order valence-corrected chi connectivity index (χ2v) is 5.70. The highest BCUT2D eigenvalue weighted by atomic mass is 79.9. The van der Waals surface area contributed by atoms with Gasteiger partial charge in [0.25, 0.3) is 0 Å². The molecule has 6 heteroatoms. The van der Waals surface area contributed by atoms with Gasteiger partial charge >= 0.3 is 0 Å². The Morgan fingerprint density at radius 1 is 1.35 bits per heavy atom. The summed E-state index contributed by atoms with van der Waals surface area (Å²) in [6.07, 6.45) is 3.21. The highest BCUT2D eigenvalue weighted by Gasteiger charge is 2.29. The van der Waals surface area contributed by atoms with Gasteiger partial charge in [-0.1, -0.05) is 27.5 Å². The van der Waals surface area contributed by atoms with Crippen molar-refractivity contribution in [2.45, 2.75) is 31.6 Å². The summed E-state index contributed by atoms with van der Waals surface area (Å²) in [4.78, 5) is 16.1. The molecule has 104 valence electrons. The van der Waals surface area contributed by atoms with Crippen molar-refractivity contribution in [3.05, 3.63) is 34.4 Å². The van der Waals surface area contributed by atoms with E-state index >= 15 is 0 Å². The molecule has 0 amide bonds. The Morgan fingerprint density at radius 3 is 3.00 bits per heavy atom. The fraction of sp³-hybridized carbons (Fsp3) is 0.357. The average molecular weight is 339 g/mol. The molecule has 1 aromatic carbocycles. The number of hydrogen-bond donors (Lipinski definition) is 0. The Hall–Kier alpha value is -1.56. The van der Waals surface area contributed by atoms with Gasteiger partial charge in [-0.15, -0.1) is 0 Å². The molecule has 1 aromatic heterocycles. The van der Waals surface area contributed by atoms with Crippen LogP contribution in [0.3, 0.4) is 0 Å². The minimum Gasteiger partial charge on any atom is -0.338 e. The van der Waals surface area contributed by atoms with E-state index in [4.69, 9.17) is 4.52 Å². The minimum absolute atomic E-state index is 0.143. The van der Waals surface area contributed by atoms with Crippen molar-refractivity contribution in [1.82, 2.24) is 10.1 Å². The van der Waals surface area contributed by atoms with E-state index < -0.39 is 0 Å². The van der Waals surface area contributed by atoms with Crippen LogP contribution in [0.25, 0.3) is 11.4 Å². The summed E-state index contributed by atoms with van der Waals surface area (Å²) in [5, 5.41) is 3.86. The first-order valence-corrected chi connectivity index (χ1v) is 7.26. The van der Waals surface area contributed by atoms with E-state index in [-0.39, 0.29) is 17.5 Å². The number of carbonyl (C=O) groups excluding carboxylic acids is 1. The first-order chi connectivity index (χ1) is 9.65. The third-order valence-corrected chi connectivity index (χ3v) is 4.16. The molecule has 1 heterocycles. The molecule has 3 rings (SSSR count). The van der Waals surface area contributed by atoms with E-state index in [0.717, 1.165) is 19.3 Å². The molecule has 1 atom stereocenters. The molecule has 1 fully saturated rings. The van der Waals surface area contributed by atoms with Crippen LogP contribution in [0, 0.1) is 5.82 Å². The molecule has 4 nitrogen and oxygen atoms in total. The summed E-state index contributed by atoms with van der Waals surface area (Å²) in [5.74, 6) is 0.0935. The van der Waals surface area contributed by atoms with E-state index in [1.54, 1.807) is 6.07 Å². The molecule has 1 aliphatic rings. The number of benzene rings is 1. The van der Waals surface area contributed by atoms with Gasteiger partial charge in [-0.3, -0.25) is 4.79 Å². The molecule has 0 saturated heterocycles. The summed E-state index contributed by atoms with van der Waals surface area (Å²) in [5.41, 5.74) is 0.517. The lowest BCUT2D eigenvalue weighted by molar-refractivity contribution is -0.122. The Bertz CT molecular complexity index is 656. The fourth-order valence-electron chi connectivity index (χ4n) is 2.40. The van der Waals surface area contributed by atoms with E-state index in [0.29, 0.717) is 28.2 Å². The van der Waals surface area contributed by atoms with E-state index in [9.17, 15) is 9.18 Å². The number of carbonyl (C=O) groups is 1. The molecule has 1 unspecified atom stereocenters. The molecule has 0 bridgehead atoms. The van der Waals surface area contributed by atoms with Crippen molar-refractivity contribution < 1.29 is 13.7 Å². The number of aromatic nitrogens is 2. The second-order valence-electron chi connectivity index (χ2n) is 4.85. The number of halogens is 2. The van der Waals surface area contributed by atoms with Gasteiger partial charge in [0.1, 0.15) is 11.6 Å². The van der Waals surface area contributed by atoms with Crippen LogP contribution in [0.5, 0.6) is 0 Å². The lowest BCUT2D eigenvalue weighted by Gasteiger charge is -2.16. The summed E-state index contributed by atoms with van der Waals surface area (Å²) in [7, 11) is 0. The summed E-state index contributed by atoms with van der Waals surface area (Å²) < 4.78 is 19.2. The number of ketones is 1. The summed E-state index contributed by atoms with van der Waals surface area (Å²) >= 11 is 3.33. The predicted octanol–water partition coefficient (Wildman–Crippen LogP) is 3.86. The Morgan fingerprint density at radius 2 is 2.20 bits per heavy atom. The van der Waals surface area contributed by atoms with Crippen LogP contribution in [0.2, 0.25) is 0 Å². The number of Topliss-reactive ketones (excluding diaryl/α,β-unsaturated/α-hetero) is 1. The number of nitrogens with zero attached hydrogens (tertiary/aromatic N) is 2. The molecule has 0 aliphatic heterocycles. The smallest absolute Gasteiger partial charge is 0.237 e. The van der Waals surface area contributed by atoms with Gasteiger partial charge < -0.3 is 4.52 Å². The van der Waals surface area contributed by atoms with Crippen LogP contribution in [0.1, 0.15) is 37.5 Å². The van der Waals surface area contributed by atoms with Crippen molar-refractivity contribution in [3.63, 3.8) is 0 Å². The number of hydrogen-bond acceptors (Lipinski definition) is 4. The fourth-order valence-corrected chi connectivity index (χ4v) is 2.82. The van der Waals surface area contributed by atoms with Crippen LogP contribution in [0.15, 0.2) is 27.2 Å². The summed E-state index contributed by atoms with van der Waals surface area (Å²) in [6, 6.07) is 4.27. The van der Waals surface area contributed by atoms with Crippen molar-refractivity contribution in [2.24, 2.45) is 0 Å². The lowest BCUT2D eigenvalue weighted by Crippen LogP contribution is -2.17. The molecule has 1 saturated carbocycles. The molecule has 20 heavy (non-hydrogen) atoms. The quantitative estimate of drug-likeness (QED) is 0.834. The maximum absolute atomic E-state index is 13.3. The van der Waals surface area contributed by atoms with Gasteiger partial charge in [-0.25, -0.2) is 4.39 Å². The topological polar surface area (TPSA) is 56.0 Å². The SMILES string of the molecule is O=C1CCCCC1c1nc(-c2cc(F)ccc2Br)no1. The highest BCUT2D eigenvalue weighted by molar-refractivity contribution is 9.10. The number of rotatable bonds is 2. The zero-order valence-electron chi connectivity index (χ0n) is 10.6. The Labute approximate surface area is 123 Å². The van der Waals surface area contributed by atoms with Crippen LogP contribution in [0.4, 0.5) is 4.39 Å². The van der Waals surface area contributed by atoms with E-state index in [2.05, 4.69) is 26.1 Å². The first-order valence-electron chi connectivity index (χ1n) is 6.47. The molecule has 0 spiro atoms. The van der Waals surface area contributed by atoms with Crippen molar-refractivity contribution in [1.29, 1.82) is 0 Å². The molecule has 0 radical (unpaired) electrons. The van der Waals surface area contributed by atoms with Crippen molar-refractivity contribution >= 4 is 21.7 Å². The standard InChI is InChI=1S/C14H12BrFN2O2/c15-11-6-5-8(16)7-10(11)13-17-14(20-18-13)9-3-1-2-4-12(9)19/h5-7,9H,1-4H2.